The average molecular weight is 598 g/mol. The van der Waals surface area contributed by atoms with Crippen molar-refractivity contribution in [1.29, 1.82) is 0 Å². The second kappa shape index (κ2) is 11.5. The van der Waals surface area contributed by atoms with Crippen LogP contribution in [0.1, 0.15) is 87.1 Å². The first kappa shape index (κ1) is 30.0. The Bertz CT molecular complexity index is 1810. The Labute approximate surface area is 257 Å². The Morgan fingerprint density at radius 3 is 2.64 bits per heavy atom. The summed E-state index contributed by atoms with van der Waals surface area (Å²) in [5.74, 6) is -1.29. The number of aliphatic carboxylic acids is 1. The SMILES string of the molecule is Cc1nc2c(cc(-c3ccnc(C4=CCCCC4)c3)n2C)c(-c2cc(F)c3c(c2C)CCCO3)c1[C@H](OC(C)(C)C)C(=O)O. The highest BCUT2D eigenvalue weighted by Gasteiger charge is 2.34. The number of ether oxygens (including phenoxy) is 2. The maximum atomic E-state index is 15.7. The highest BCUT2D eigenvalue weighted by molar-refractivity contribution is 6.01. The van der Waals surface area contributed by atoms with Crippen molar-refractivity contribution in [2.24, 2.45) is 7.05 Å². The second-order valence-corrected chi connectivity index (χ2v) is 13.0. The van der Waals surface area contributed by atoms with Gasteiger partial charge in [-0.2, -0.15) is 0 Å². The van der Waals surface area contributed by atoms with Crippen LogP contribution in [0.15, 0.2) is 36.5 Å². The number of rotatable bonds is 6. The zero-order valence-corrected chi connectivity index (χ0v) is 26.4. The number of pyridine rings is 2. The van der Waals surface area contributed by atoms with E-state index in [0.29, 0.717) is 41.1 Å². The van der Waals surface area contributed by atoms with Gasteiger partial charge in [0.05, 0.1) is 23.6 Å². The highest BCUT2D eigenvalue weighted by Crippen LogP contribution is 2.45. The van der Waals surface area contributed by atoms with Crippen molar-refractivity contribution >= 4 is 22.6 Å². The van der Waals surface area contributed by atoms with Crippen LogP contribution in [0.5, 0.6) is 5.75 Å². The number of hydrogen-bond donors (Lipinski definition) is 1. The smallest absolute Gasteiger partial charge is 0.337 e. The van der Waals surface area contributed by atoms with E-state index in [-0.39, 0.29) is 5.75 Å². The molecule has 44 heavy (non-hydrogen) atoms. The van der Waals surface area contributed by atoms with E-state index in [0.717, 1.165) is 59.1 Å². The molecule has 0 unspecified atom stereocenters. The standard InChI is InChI=1S/C36H40FN3O4/c1-20-24-13-10-16-43-32(24)27(37)18-25(20)31-26-19-29(23-14-15-38-28(17-23)22-11-8-7-9-12-22)40(6)34(26)39-21(2)30(31)33(35(41)42)44-36(3,4)5/h11,14-15,17-19,33H,7-10,12-13,16H2,1-6H3,(H,41,42)/t33-/m0/s1. The van der Waals surface area contributed by atoms with E-state index in [1.165, 1.54) is 18.1 Å². The second-order valence-electron chi connectivity index (χ2n) is 13.0. The van der Waals surface area contributed by atoms with Gasteiger partial charge in [-0.15, -0.1) is 0 Å². The lowest BCUT2D eigenvalue weighted by atomic mass is 9.86. The number of benzene rings is 1. The van der Waals surface area contributed by atoms with E-state index in [2.05, 4.69) is 17.1 Å². The van der Waals surface area contributed by atoms with Crippen molar-refractivity contribution < 1.29 is 23.8 Å². The molecule has 3 aromatic heterocycles. The Kier molecular flexibility index (Phi) is 7.82. The Hall–Kier alpha value is -4.04. The summed E-state index contributed by atoms with van der Waals surface area (Å²) in [7, 11) is 1.96. The zero-order chi connectivity index (χ0) is 31.3. The summed E-state index contributed by atoms with van der Waals surface area (Å²) in [5, 5.41) is 11.2. The molecule has 0 fully saturated rings. The molecule has 0 amide bonds. The molecule has 4 aromatic rings. The van der Waals surface area contributed by atoms with Crippen molar-refractivity contribution in [1.82, 2.24) is 14.5 Å². The van der Waals surface area contributed by atoms with E-state index < -0.39 is 23.5 Å². The number of halogens is 1. The molecule has 0 saturated heterocycles. The van der Waals surface area contributed by atoms with Crippen LogP contribution < -0.4 is 4.74 Å². The highest BCUT2D eigenvalue weighted by atomic mass is 19.1. The number of carbonyl (C=O) groups is 1. The van der Waals surface area contributed by atoms with E-state index >= 15 is 4.39 Å². The summed E-state index contributed by atoms with van der Waals surface area (Å²) in [6, 6.07) is 7.62. The largest absolute Gasteiger partial charge is 0.490 e. The number of aryl methyl sites for hydroxylation is 2. The summed E-state index contributed by atoms with van der Waals surface area (Å²) >= 11 is 0. The molecule has 6 rings (SSSR count). The summed E-state index contributed by atoms with van der Waals surface area (Å²) in [6.07, 6.45) is 8.71. The molecule has 0 spiro atoms. The monoisotopic (exact) mass is 597 g/mol. The fourth-order valence-electron chi connectivity index (χ4n) is 6.69. The van der Waals surface area contributed by atoms with Gasteiger partial charge >= 0.3 is 5.97 Å². The maximum absolute atomic E-state index is 15.7. The minimum absolute atomic E-state index is 0.289. The Morgan fingerprint density at radius 1 is 1.14 bits per heavy atom. The first-order chi connectivity index (χ1) is 20.9. The fourth-order valence-corrected chi connectivity index (χ4v) is 6.69. The number of aromatic nitrogens is 3. The average Bonchev–Trinajstić information content (AvgIpc) is 3.33. The molecule has 2 aliphatic rings. The number of carboxylic acid groups (broad SMARTS) is 1. The first-order valence-corrected chi connectivity index (χ1v) is 15.5. The fraction of sp³-hybridized carbons (Fsp3) is 0.417. The Balaban J connectivity index is 1.65. The van der Waals surface area contributed by atoms with Crippen LogP contribution in [0, 0.1) is 19.7 Å². The van der Waals surface area contributed by atoms with E-state index in [1.54, 1.807) is 6.92 Å². The maximum Gasteiger partial charge on any atom is 0.337 e. The topological polar surface area (TPSA) is 86.5 Å². The van der Waals surface area contributed by atoms with Gasteiger partial charge in [0.2, 0.25) is 0 Å². The quantitative estimate of drug-likeness (QED) is 0.241. The van der Waals surface area contributed by atoms with Crippen molar-refractivity contribution in [3.05, 3.63) is 70.4 Å². The molecule has 230 valence electrons. The van der Waals surface area contributed by atoms with Gasteiger partial charge in [0, 0.05) is 46.6 Å². The molecular weight excluding hydrogens is 557 g/mol. The zero-order valence-electron chi connectivity index (χ0n) is 26.4. The van der Waals surface area contributed by atoms with Gasteiger partial charge in [-0.3, -0.25) is 4.98 Å². The predicted molar refractivity (Wildman–Crippen MR) is 170 cm³/mol. The van der Waals surface area contributed by atoms with Gasteiger partial charge in [0.25, 0.3) is 0 Å². The lowest BCUT2D eigenvalue weighted by Crippen LogP contribution is -2.28. The molecule has 1 atom stereocenters. The van der Waals surface area contributed by atoms with Crippen molar-refractivity contribution in [2.45, 2.75) is 84.8 Å². The summed E-state index contributed by atoms with van der Waals surface area (Å²) < 4.78 is 29.7. The normalized spacial score (nSPS) is 15.9. The molecule has 1 aliphatic heterocycles. The lowest BCUT2D eigenvalue weighted by Gasteiger charge is -2.29. The van der Waals surface area contributed by atoms with Gasteiger partial charge in [-0.25, -0.2) is 14.2 Å². The Morgan fingerprint density at radius 2 is 1.93 bits per heavy atom. The molecule has 4 heterocycles. The molecule has 1 aromatic carbocycles. The number of allylic oxidation sites excluding steroid dienone is 2. The number of hydrogen-bond acceptors (Lipinski definition) is 5. The van der Waals surface area contributed by atoms with Crippen molar-refractivity contribution in [2.75, 3.05) is 6.61 Å². The molecule has 1 N–H and O–H groups in total. The van der Waals surface area contributed by atoms with Gasteiger partial charge in [-0.1, -0.05) is 6.08 Å². The van der Waals surface area contributed by atoms with Gasteiger partial charge in [0.15, 0.2) is 17.7 Å². The van der Waals surface area contributed by atoms with Crippen LogP contribution in [0.4, 0.5) is 4.39 Å². The number of carboxylic acids is 1. The lowest BCUT2D eigenvalue weighted by molar-refractivity contribution is -0.160. The molecule has 7 nitrogen and oxygen atoms in total. The third kappa shape index (κ3) is 5.40. The third-order valence-corrected chi connectivity index (χ3v) is 8.74. The first-order valence-electron chi connectivity index (χ1n) is 15.5. The van der Waals surface area contributed by atoms with Gasteiger partial charge in [0.1, 0.15) is 5.65 Å². The third-order valence-electron chi connectivity index (χ3n) is 8.74. The summed E-state index contributed by atoms with van der Waals surface area (Å²) in [4.78, 5) is 22.5. The van der Waals surface area contributed by atoms with Crippen molar-refractivity contribution in [3.63, 3.8) is 0 Å². The predicted octanol–water partition coefficient (Wildman–Crippen LogP) is 8.28. The van der Waals surface area contributed by atoms with E-state index in [4.69, 9.17) is 14.5 Å². The van der Waals surface area contributed by atoms with Crippen molar-refractivity contribution in [3.8, 4) is 28.1 Å². The number of nitrogens with zero attached hydrogens (tertiary/aromatic N) is 3. The van der Waals surface area contributed by atoms with Gasteiger partial charge in [-0.05, 0) is 114 Å². The van der Waals surface area contributed by atoms with E-state index in [1.807, 2.05) is 57.6 Å². The van der Waals surface area contributed by atoms with Crippen LogP contribution in [-0.2, 0) is 23.0 Å². The molecule has 0 saturated carbocycles. The van der Waals surface area contributed by atoms with Crippen LogP contribution in [0.2, 0.25) is 0 Å². The van der Waals surface area contributed by atoms with E-state index in [9.17, 15) is 9.90 Å². The minimum Gasteiger partial charge on any atom is -0.490 e. The molecular formula is C36H40FN3O4. The van der Waals surface area contributed by atoms with Crippen LogP contribution in [-0.4, -0.2) is 37.8 Å². The molecule has 0 radical (unpaired) electrons. The molecule has 1 aliphatic carbocycles. The molecule has 0 bridgehead atoms. The van der Waals surface area contributed by atoms with Crippen LogP contribution >= 0.6 is 0 Å². The van der Waals surface area contributed by atoms with Gasteiger partial charge < -0.3 is 19.1 Å². The minimum atomic E-state index is -1.31. The summed E-state index contributed by atoms with van der Waals surface area (Å²) in [5.41, 5.74) is 7.94. The molecule has 8 heteroatoms. The summed E-state index contributed by atoms with van der Waals surface area (Å²) in [6.45, 7) is 9.72. The van der Waals surface area contributed by atoms with Crippen LogP contribution in [0.25, 0.3) is 39.0 Å². The number of fused-ring (bicyclic) bond motifs is 2. The van der Waals surface area contributed by atoms with Crippen LogP contribution in [0.3, 0.4) is 0 Å².